The highest BCUT2D eigenvalue weighted by molar-refractivity contribution is 14.1. The van der Waals surface area contributed by atoms with E-state index in [9.17, 15) is 8.42 Å². The van der Waals surface area contributed by atoms with E-state index in [0.29, 0.717) is 11.4 Å². The molecule has 1 aromatic carbocycles. The molecule has 3 nitrogen and oxygen atoms in total. The van der Waals surface area contributed by atoms with Crippen molar-refractivity contribution in [1.29, 1.82) is 0 Å². The minimum absolute atomic E-state index is 0.368. The molecule has 5 heteroatoms. The fraction of sp³-hybridized carbons (Fsp3) is 0.333. The van der Waals surface area contributed by atoms with Crippen LogP contribution >= 0.6 is 22.6 Å². The van der Waals surface area contributed by atoms with Crippen LogP contribution in [0.4, 0.5) is 0 Å². The minimum atomic E-state index is -3.46. The van der Waals surface area contributed by atoms with Crippen molar-refractivity contribution < 1.29 is 8.42 Å². The van der Waals surface area contributed by atoms with Gasteiger partial charge in [-0.2, -0.15) is 4.31 Å². The maximum atomic E-state index is 12.9. The number of alkyl halides is 1. The molecule has 0 radical (unpaired) electrons. The summed E-state index contributed by atoms with van der Waals surface area (Å²) < 4.78 is 26.8. The summed E-state index contributed by atoms with van der Waals surface area (Å²) in [5.41, 5.74) is 2.27. The Bertz CT molecular complexity index is 691. The molecule has 1 aromatic rings. The van der Waals surface area contributed by atoms with Gasteiger partial charge in [0.05, 0.1) is 4.90 Å². The average Bonchev–Trinajstić information content (AvgIpc) is 2.77. The Balaban J connectivity index is 2.03. The Kier molecular flexibility index (Phi) is 3.54. The number of allylic oxidation sites excluding steroid dienone is 1. The normalized spacial score (nSPS) is 26.4. The second-order valence-electron chi connectivity index (χ2n) is 5.19. The quantitative estimate of drug-likeness (QED) is 0.330. The van der Waals surface area contributed by atoms with Crippen molar-refractivity contribution in [3.05, 3.63) is 53.6 Å². The second-order valence-corrected chi connectivity index (χ2v) is 8.70. The van der Waals surface area contributed by atoms with Crippen LogP contribution in [-0.4, -0.2) is 22.8 Å². The van der Waals surface area contributed by atoms with Crippen LogP contribution in [-0.2, 0) is 10.0 Å². The van der Waals surface area contributed by atoms with E-state index >= 15 is 0 Å². The maximum absolute atomic E-state index is 12.9. The molecule has 1 heterocycles. The van der Waals surface area contributed by atoms with E-state index in [4.69, 9.17) is 0 Å². The van der Waals surface area contributed by atoms with Gasteiger partial charge in [-0.25, -0.2) is 8.42 Å². The van der Waals surface area contributed by atoms with E-state index in [-0.39, 0.29) is 0 Å². The van der Waals surface area contributed by atoms with Crippen molar-refractivity contribution in [2.24, 2.45) is 0 Å². The maximum Gasteiger partial charge on any atom is 0.245 e. The summed E-state index contributed by atoms with van der Waals surface area (Å²) in [4.78, 5) is 0.368. The van der Waals surface area contributed by atoms with Gasteiger partial charge >= 0.3 is 0 Å². The summed E-state index contributed by atoms with van der Waals surface area (Å²) in [6.07, 6.45) is 8.09. The lowest BCUT2D eigenvalue weighted by Crippen LogP contribution is -2.44. The zero-order valence-electron chi connectivity index (χ0n) is 11.2. The Morgan fingerprint density at radius 3 is 2.65 bits per heavy atom. The largest absolute Gasteiger partial charge is 0.245 e. The Hall–Kier alpha value is -0.660. The number of fused-ring (bicyclic) bond motifs is 1. The highest BCUT2D eigenvalue weighted by atomic mass is 127. The fourth-order valence-electron chi connectivity index (χ4n) is 2.69. The van der Waals surface area contributed by atoms with Gasteiger partial charge in [-0.15, -0.1) is 0 Å². The molecule has 1 aliphatic heterocycles. The Labute approximate surface area is 133 Å². The van der Waals surface area contributed by atoms with Crippen molar-refractivity contribution in [3.63, 3.8) is 0 Å². The third kappa shape index (κ3) is 2.16. The third-order valence-electron chi connectivity index (χ3n) is 3.84. The molecule has 0 aromatic heterocycles. The van der Waals surface area contributed by atoms with Gasteiger partial charge in [0, 0.05) is 6.54 Å². The topological polar surface area (TPSA) is 37.4 Å². The van der Waals surface area contributed by atoms with E-state index in [0.717, 1.165) is 18.4 Å². The highest BCUT2D eigenvalue weighted by Crippen LogP contribution is 2.45. The van der Waals surface area contributed by atoms with Crippen molar-refractivity contribution in [2.75, 3.05) is 6.54 Å². The van der Waals surface area contributed by atoms with Crippen LogP contribution in [0.15, 0.2) is 53.0 Å². The van der Waals surface area contributed by atoms with Crippen LogP contribution in [0, 0.1) is 6.92 Å². The summed E-state index contributed by atoms with van der Waals surface area (Å²) in [5, 5.41) is 0. The van der Waals surface area contributed by atoms with Gasteiger partial charge in [-0.05, 0) is 37.5 Å². The van der Waals surface area contributed by atoms with E-state index in [2.05, 4.69) is 34.7 Å². The monoisotopic (exact) mass is 401 g/mol. The van der Waals surface area contributed by atoms with Gasteiger partial charge in [0.15, 0.2) is 0 Å². The first kappa shape index (κ1) is 14.3. The first-order valence-electron chi connectivity index (χ1n) is 6.60. The summed E-state index contributed by atoms with van der Waals surface area (Å²) in [6.45, 7) is 2.41. The van der Waals surface area contributed by atoms with Crippen molar-refractivity contribution >= 4 is 32.6 Å². The molecule has 106 valence electrons. The molecule has 0 unspecified atom stereocenters. The van der Waals surface area contributed by atoms with Gasteiger partial charge in [-0.1, -0.05) is 58.5 Å². The van der Waals surface area contributed by atoms with Gasteiger partial charge in [-0.3, -0.25) is 0 Å². The standard InChI is InChI=1S/C15H16INO2S/c1-12-5-7-14(8-6-12)20(18,19)17-11-9-13-4-2-3-10-15(13,17)16/h3,5-10H,2,4,11H2,1H3/t15-/m1/s1. The van der Waals surface area contributed by atoms with E-state index in [1.54, 1.807) is 16.4 Å². The molecule has 0 bridgehead atoms. The number of benzene rings is 1. The molecule has 1 atom stereocenters. The lowest BCUT2D eigenvalue weighted by molar-refractivity contribution is 0.422. The molecule has 0 spiro atoms. The van der Waals surface area contributed by atoms with Crippen LogP contribution in [0.5, 0.6) is 0 Å². The summed E-state index contributed by atoms with van der Waals surface area (Å²) in [7, 11) is -3.46. The zero-order valence-corrected chi connectivity index (χ0v) is 14.2. The second kappa shape index (κ2) is 4.96. The van der Waals surface area contributed by atoms with E-state index < -0.39 is 13.6 Å². The lowest BCUT2D eigenvalue weighted by Gasteiger charge is -2.34. The summed E-state index contributed by atoms with van der Waals surface area (Å²) in [5.74, 6) is 0. The molecule has 0 saturated carbocycles. The van der Waals surface area contributed by atoms with Gasteiger partial charge in [0.2, 0.25) is 10.0 Å². The molecule has 0 fully saturated rings. The summed E-state index contributed by atoms with van der Waals surface area (Å²) in [6, 6.07) is 7.06. The number of hydrogen-bond acceptors (Lipinski definition) is 2. The molecule has 20 heavy (non-hydrogen) atoms. The molecular weight excluding hydrogens is 385 g/mol. The molecule has 3 rings (SSSR count). The lowest BCUT2D eigenvalue weighted by atomic mass is 9.98. The van der Waals surface area contributed by atoms with Gasteiger partial charge in [0.25, 0.3) is 0 Å². The smallest absolute Gasteiger partial charge is 0.207 e. The zero-order chi connectivity index (χ0) is 14.4. The molecule has 1 aliphatic carbocycles. The van der Waals surface area contributed by atoms with Gasteiger partial charge < -0.3 is 0 Å². The molecule has 2 aliphatic rings. The molecule has 0 N–H and O–H groups in total. The average molecular weight is 401 g/mol. The number of sulfonamides is 1. The van der Waals surface area contributed by atoms with E-state index in [1.807, 2.05) is 25.1 Å². The number of rotatable bonds is 2. The van der Waals surface area contributed by atoms with Crippen LogP contribution < -0.4 is 0 Å². The predicted octanol–water partition coefficient (Wildman–Crippen LogP) is 3.41. The first-order chi connectivity index (χ1) is 9.44. The predicted molar refractivity (Wildman–Crippen MR) is 88.3 cm³/mol. The SMILES string of the molecule is Cc1ccc(S(=O)(=O)N2CC=C3CCC=C[C@]32I)cc1. The van der Waals surface area contributed by atoms with Crippen molar-refractivity contribution in [3.8, 4) is 0 Å². The first-order valence-corrected chi connectivity index (χ1v) is 9.12. The van der Waals surface area contributed by atoms with Crippen molar-refractivity contribution in [1.82, 2.24) is 4.31 Å². The van der Waals surface area contributed by atoms with Crippen molar-refractivity contribution in [2.45, 2.75) is 28.2 Å². The number of aryl methyl sites for hydroxylation is 1. The minimum Gasteiger partial charge on any atom is -0.207 e. The molecule has 0 amide bonds. The Morgan fingerprint density at radius 2 is 1.95 bits per heavy atom. The third-order valence-corrected chi connectivity index (χ3v) is 7.69. The van der Waals surface area contributed by atoms with Crippen LogP contribution in [0.2, 0.25) is 0 Å². The Morgan fingerprint density at radius 1 is 1.25 bits per heavy atom. The highest BCUT2D eigenvalue weighted by Gasteiger charge is 2.46. The van der Waals surface area contributed by atoms with Crippen LogP contribution in [0.25, 0.3) is 0 Å². The van der Waals surface area contributed by atoms with Crippen LogP contribution in [0.1, 0.15) is 18.4 Å². The number of hydrogen-bond donors (Lipinski definition) is 0. The van der Waals surface area contributed by atoms with E-state index in [1.165, 1.54) is 5.57 Å². The summed E-state index contributed by atoms with van der Waals surface area (Å²) >= 11 is 2.25. The number of halogens is 1. The number of nitrogens with zero attached hydrogens (tertiary/aromatic N) is 1. The van der Waals surface area contributed by atoms with Gasteiger partial charge in [0.1, 0.15) is 3.55 Å². The van der Waals surface area contributed by atoms with Crippen LogP contribution in [0.3, 0.4) is 0 Å². The molecule has 0 saturated heterocycles. The molecular formula is C15H16INO2S. The fourth-order valence-corrected chi connectivity index (χ4v) is 5.94.